The van der Waals surface area contributed by atoms with Gasteiger partial charge in [0, 0.05) is 4.90 Å². The minimum Gasteiger partial charge on any atom is -0.463 e. The summed E-state index contributed by atoms with van der Waals surface area (Å²) in [6, 6.07) is 15.1. The molecule has 2 aliphatic heterocycles. The first kappa shape index (κ1) is 19.8. The summed E-state index contributed by atoms with van der Waals surface area (Å²) >= 11 is 1.43. The third-order valence-corrected chi connectivity index (χ3v) is 6.10. The number of aryl methyl sites for hydroxylation is 1. The van der Waals surface area contributed by atoms with Crippen LogP contribution < -0.4 is 4.90 Å². The Bertz CT molecular complexity index is 1200. The van der Waals surface area contributed by atoms with E-state index in [1.165, 1.54) is 11.8 Å². The lowest BCUT2D eigenvalue weighted by Gasteiger charge is -2.35. The van der Waals surface area contributed by atoms with Gasteiger partial charge < -0.3 is 9.64 Å². The van der Waals surface area contributed by atoms with Gasteiger partial charge in [-0.3, -0.25) is 0 Å². The molecule has 4 rings (SSSR count). The molecule has 2 aromatic carbocycles. The Morgan fingerprint density at radius 3 is 2.47 bits per heavy atom. The highest BCUT2D eigenvalue weighted by atomic mass is 32.2. The summed E-state index contributed by atoms with van der Waals surface area (Å²) in [5, 5.41) is 19.6. The molecule has 2 aromatic rings. The Hall–Kier alpha value is -3.55. The number of aliphatic imine (C=N–C) groups is 1. The number of allylic oxidation sites excluding steroid dienone is 1. The fraction of sp³-hybridized carbons (Fsp3) is 0.217. The second-order valence-electron chi connectivity index (χ2n) is 6.99. The monoisotopic (exact) mass is 414 g/mol. The lowest BCUT2D eigenvalue weighted by atomic mass is 9.93. The number of carbonyl (C=O) groups is 1. The molecule has 0 bridgehead atoms. The predicted molar refractivity (Wildman–Crippen MR) is 115 cm³/mol. The van der Waals surface area contributed by atoms with E-state index in [0.29, 0.717) is 27.6 Å². The Morgan fingerprint density at radius 1 is 1.17 bits per heavy atom. The van der Waals surface area contributed by atoms with Crippen LogP contribution in [0.4, 0.5) is 5.69 Å². The van der Waals surface area contributed by atoms with Gasteiger partial charge in [0.2, 0.25) is 0 Å². The van der Waals surface area contributed by atoms with Crippen LogP contribution in [0.1, 0.15) is 42.1 Å². The van der Waals surface area contributed by atoms with Crippen molar-refractivity contribution in [2.45, 2.75) is 31.7 Å². The van der Waals surface area contributed by atoms with Crippen LogP contribution in [0.5, 0.6) is 0 Å². The van der Waals surface area contributed by atoms with Crippen molar-refractivity contribution in [2.75, 3.05) is 11.5 Å². The van der Waals surface area contributed by atoms with Crippen molar-refractivity contribution in [3.8, 4) is 12.1 Å². The average molecular weight is 414 g/mol. The molecule has 0 aliphatic carbocycles. The third kappa shape index (κ3) is 3.14. The van der Waals surface area contributed by atoms with Gasteiger partial charge in [-0.25, -0.2) is 9.79 Å². The van der Waals surface area contributed by atoms with Crippen LogP contribution in [-0.4, -0.2) is 17.7 Å². The zero-order valence-electron chi connectivity index (χ0n) is 16.8. The van der Waals surface area contributed by atoms with Crippen molar-refractivity contribution in [1.82, 2.24) is 0 Å². The minimum absolute atomic E-state index is 0.266. The number of esters is 1. The molecule has 1 atom stereocenters. The topological polar surface area (TPSA) is 89.5 Å². The minimum atomic E-state index is -0.439. The summed E-state index contributed by atoms with van der Waals surface area (Å²) < 4.78 is 5.35. The molecule has 2 aliphatic rings. The third-order valence-electron chi connectivity index (χ3n) is 5.08. The number of anilines is 1. The van der Waals surface area contributed by atoms with Gasteiger partial charge in [0.25, 0.3) is 0 Å². The molecule has 0 amide bonds. The molecule has 30 heavy (non-hydrogen) atoms. The van der Waals surface area contributed by atoms with Crippen LogP contribution in [0, 0.1) is 29.6 Å². The van der Waals surface area contributed by atoms with Crippen LogP contribution in [0.25, 0.3) is 0 Å². The first-order valence-electron chi connectivity index (χ1n) is 9.47. The fourth-order valence-corrected chi connectivity index (χ4v) is 4.78. The zero-order valence-corrected chi connectivity index (χ0v) is 17.6. The van der Waals surface area contributed by atoms with Gasteiger partial charge in [-0.05, 0) is 50.2 Å². The van der Waals surface area contributed by atoms with Crippen molar-refractivity contribution in [2.24, 2.45) is 4.99 Å². The summed E-state index contributed by atoms with van der Waals surface area (Å²) in [7, 11) is 0. The Balaban J connectivity index is 1.94. The molecule has 7 heteroatoms. The van der Waals surface area contributed by atoms with Gasteiger partial charge >= 0.3 is 5.97 Å². The van der Waals surface area contributed by atoms with E-state index >= 15 is 0 Å². The van der Waals surface area contributed by atoms with Crippen LogP contribution >= 0.6 is 11.8 Å². The van der Waals surface area contributed by atoms with Gasteiger partial charge in [-0.15, -0.1) is 0 Å². The molecular formula is C23H18N4O2S. The highest BCUT2D eigenvalue weighted by Crippen LogP contribution is 2.50. The molecule has 0 N–H and O–H groups in total. The molecule has 0 spiro atoms. The fourth-order valence-electron chi connectivity index (χ4n) is 3.66. The normalized spacial score (nSPS) is 16.9. The van der Waals surface area contributed by atoms with Gasteiger partial charge in [0.1, 0.15) is 12.1 Å². The standard InChI is InChI=1S/C23H18N4O2S/c1-4-29-22(28)20-14(3)26-23-27(21(20)15-7-5-13(2)6-8-15)18-9-16(11-24)17(12-25)10-19(18)30-23/h5-10,21H,4H2,1-3H3/t21-/m0/s1. The number of hydrogen-bond acceptors (Lipinski definition) is 7. The number of nitrogens with zero attached hydrogens (tertiary/aromatic N) is 4. The Labute approximate surface area is 179 Å². The summed E-state index contributed by atoms with van der Waals surface area (Å²) in [6.07, 6.45) is 0. The van der Waals surface area contributed by atoms with Crippen LogP contribution in [0.2, 0.25) is 0 Å². The van der Waals surface area contributed by atoms with E-state index in [0.717, 1.165) is 21.7 Å². The summed E-state index contributed by atoms with van der Waals surface area (Å²) in [5.74, 6) is -0.407. The number of carbonyl (C=O) groups excluding carboxylic acids is 1. The van der Waals surface area contributed by atoms with E-state index in [-0.39, 0.29) is 6.61 Å². The van der Waals surface area contributed by atoms with Gasteiger partial charge in [0.05, 0.1) is 40.7 Å². The molecular weight excluding hydrogens is 396 g/mol. The number of benzene rings is 2. The van der Waals surface area contributed by atoms with E-state index in [4.69, 9.17) is 4.74 Å². The van der Waals surface area contributed by atoms with Crippen molar-refractivity contribution < 1.29 is 9.53 Å². The lowest BCUT2D eigenvalue weighted by Crippen LogP contribution is -2.37. The van der Waals surface area contributed by atoms with Crippen LogP contribution in [-0.2, 0) is 9.53 Å². The summed E-state index contributed by atoms with van der Waals surface area (Å²) in [6.45, 7) is 5.86. The highest BCUT2D eigenvalue weighted by molar-refractivity contribution is 8.14. The predicted octanol–water partition coefficient (Wildman–Crippen LogP) is 4.60. The van der Waals surface area contributed by atoms with E-state index in [2.05, 4.69) is 17.1 Å². The van der Waals surface area contributed by atoms with Crippen LogP contribution in [0.15, 0.2) is 57.6 Å². The zero-order chi connectivity index (χ0) is 21.4. The van der Waals surface area contributed by atoms with E-state index in [9.17, 15) is 15.3 Å². The van der Waals surface area contributed by atoms with E-state index < -0.39 is 12.0 Å². The van der Waals surface area contributed by atoms with Gasteiger partial charge in [-0.1, -0.05) is 29.8 Å². The smallest absolute Gasteiger partial charge is 0.338 e. The average Bonchev–Trinajstić information content (AvgIpc) is 3.09. The number of rotatable bonds is 3. The number of ether oxygens (including phenoxy) is 1. The summed E-state index contributed by atoms with van der Waals surface area (Å²) in [5.41, 5.74) is 4.49. The number of fused-ring (bicyclic) bond motifs is 3. The maximum Gasteiger partial charge on any atom is 0.338 e. The van der Waals surface area contributed by atoms with Crippen LogP contribution in [0.3, 0.4) is 0 Å². The molecule has 0 saturated carbocycles. The van der Waals surface area contributed by atoms with E-state index in [1.807, 2.05) is 43.0 Å². The molecule has 0 aromatic heterocycles. The SMILES string of the molecule is CCOC(=O)C1=C(C)N=C2Sc3cc(C#N)c(C#N)cc3N2[C@H]1c1ccc(C)cc1. The maximum absolute atomic E-state index is 12.9. The summed E-state index contributed by atoms with van der Waals surface area (Å²) in [4.78, 5) is 20.4. The molecule has 0 saturated heterocycles. The highest BCUT2D eigenvalue weighted by Gasteiger charge is 2.42. The molecule has 2 heterocycles. The van der Waals surface area contributed by atoms with Crippen molar-refractivity contribution in [1.29, 1.82) is 10.5 Å². The molecule has 0 fully saturated rings. The van der Waals surface area contributed by atoms with Crippen molar-refractivity contribution in [3.63, 3.8) is 0 Å². The first-order valence-corrected chi connectivity index (χ1v) is 10.3. The Morgan fingerprint density at radius 2 is 1.83 bits per heavy atom. The Kier molecular flexibility index (Phi) is 5.07. The number of hydrogen-bond donors (Lipinski definition) is 0. The lowest BCUT2D eigenvalue weighted by molar-refractivity contribution is -0.138. The molecule has 148 valence electrons. The molecule has 0 radical (unpaired) electrons. The first-order chi connectivity index (χ1) is 14.5. The van der Waals surface area contributed by atoms with Crippen molar-refractivity contribution in [3.05, 3.63) is 69.9 Å². The molecule has 0 unspecified atom stereocenters. The quantitative estimate of drug-likeness (QED) is 0.682. The van der Waals surface area contributed by atoms with E-state index in [1.54, 1.807) is 19.1 Å². The van der Waals surface area contributed by atoms with Crippen molar-refractivity contribution >= 4 is 28.6 Å². The largest absolute Gasteiger partial charge is 0.463 e. The second kappa shape index (κ2) is 7.70. The number of thioether (sulfide) groups is 1. The van der Waals surface area contributed by atoms with Gasteiger partial charge in [-0.2, -0.15) is 10.5 Å². The molecule has 6 nitrogen and oxygen atoms in total. The number of amidine groups is 1. The second-order valence-corrected chi connectivity index (χ2v) is 8.00. The maximum atomic E-state index is 12.9. The van der Waals surface area contributed by atoms with Gasteiger partial charge in [0.15, 0.2) is 5.17 Å². The number of nitriles is 2.